The zero-order chi connectivity index (χ0) is 12.3. The first-order valence-corrected chi connectivity index (χ1v) is 7.16. The highest BCUT2D eigenvalue weighted by molar-refractivity contribution is 5.05. The number of hydrogen-bond donors (Lipinski definition) is 1. The number of nitrogens with one attached hydrogen (secondary N) is 1. The van der Waals surface area contributed by atoms with Gasteiger partial charge in [0.05, 0.1) is 0 Å². The first kappa shape index (κ1) is 13.3. The maximum absolute atomic E-state index is 3.48. The number of nitrogens with zero attached hydrogens (tertiary/aromatic N) is 2. The van der Waals surface area contributed by atoms with Crippen molar-refractivity contribution in [2.24, 2.45) is 11.3 Å². The topological polar surface area (TPSA) is 18.5 Å². The maximum Gasteiger partial charge on any atom is 0.00121 e. The lowest BCUT2D eigenvalue weighted by atomic mass is 9.92. The van der Waals surface area contributed by atoms with E-state index in [1.54, 1.807) is 0 Å². The summed E-state index contributed by atoms with van der Waals surface area (Å²) in [5.41, 5.74) is 0.751. The smallest absolute Gasteiger partial charge is 0.00121 e. The van der Waals surface area contributed by atoms with Crippen LogP contribution in [0.1, 0.15) is 25.7 Å². The fourth-order valence-corrected chi connectivity index (χ4v) is 3.35. The molecule has 1 saturated carbocycles. The summed E-state index contributed by atoms with van der Waals surface area (Å²) in [5.74, 6) is 0.994. The van der Waals surface area contributed by atoms with Crippen molar-refractivity contribution < 1.29 is 0 Å². The van der Waals surface area contributed by atoms with Gasteiger partial charge in [-0.25, -0.2) is 0 Å². The van der Waals surface area contributed by atoms with Gasteiger partial charge >= 0.3 is 0 Å². The average Bonchev–Trinajstić information content (AvgIpc) is 2.90. The summed E-state index contributed by atoms with van der Waals surface area (Å²) in [7, 11) is 6.61. The predicted octanol–water partition coefficient (Wildman–Crippen LogP) is 1.26. The average molecular weight is 239 g/mol. The molecule has 1 heterocycles. The molecule has 2 rings (SSSR count). The SMILES string of the molecule is CN(C)CCCN(C)CC1CC12CCNCC2. The van der Waals surface area contributed by atoms with E-state index in [9.17, 15) is 0 Å². The number of hydrogen-bond acceptors (Lipinski definition) is 3. The van der Waals surface area contributed by atoms with Crippen molar-refractivity contribution in [3.05, 3.63) is 0 Å². The van der Waals surface area contributed by atoms with E-state index in [1.165, 1.54) is 58.4 Å². The molecule has 0 aromatic carbocycles. The normalized spacial score (nSPS) is 27.0. The Kier molecular flexibility index (Phi) is 4.45. The van der Waals surface area contributed by atoms with Crippen LogP contribution < -0.4 is 5.32 Å². The van der Waals surface area contributed by atoms with Gasteiger partial charge in [-0.2, -0.15) is 0 Å². The summed E-state index contributed by atoms with van der Waals surface area (Å²) in [6, 6.07) is 0. The Morgan fingerprint density at radius 2 is 1.82 bits per heavy atom. The Labute approximate surface area is 107 Å². The maximum atomic E-state index is 3.48. The molecule has 3 heteroatoms. The van der Waals surface area contributed by atoms with E-state index >= 15 is 0 Å². The van der Waals surface area contributed by atoms with Gasteiger partial charge in [-0.05, 0) is 84.3 Å². The fraction of sp³-hybridized carbons (Fsp3) is 1.00. The van der Waals surface area contributed by atoms with Gasteiger partial charge in [-0.3, -0.25) is 0 Å². The van der Waals surface area contributed by atoms with Gasteiger partial charge in [-0.15, -0.1) is 0 Å². The molecule has 1 unspecified atom stereocenters. The molecule has 17 heavy (non-hydrogen) atoms. The molecule has 1 saturated heterocycles. The largest absolute Gasteiger partial charge is 0.317 e. The minimum atomic E-state index is 0.751. The molecule has 1 spiro atoms. The number of piperidine rings is 1. The first-order chi connectivity index (χ1) is 8.12. The van der Waals surface area contributed by atoms with Crippen LogP contribution in [0.15, 0.2) is 0 Å². The van der Waals surface area contributed by atoms with Gasteiger partial charge in [0.1, 0.15) is 0 Å². The minimum absolute atomic E-state index is 0.751. The highest BCUT2D eigenvalue weighted by Crippen LogP contribution is 2.58. The molecule has 0 aromatic rings. The monoisotopic (exact) mass is 239 g/mol. The van der Waals surface area contributed by atoms with E-state index in [0.717, 1.165) is 11.3 Å². The lowest BCUT2D eigenvalue weighted by Crippen LogP contribution is -2.32. The predicted molar refractivity (Wildman–Crippen MR) is 73.3 cm³/mol. The molecule has 100 valence electrons. The summed E-state index contributed by atoms with van der Waals surface area (Å²) >= 11 is 0. The van der Waals surface area contributed by atoms with Crippen LogP contribution in [0.4, 0.5) is 0 Å². The second kappa shape index (κ2) is 5.68. The van der Waals surface area contributed by atoms with E-state index in [2.05, 4.69) is 36.3 Å². The third-order valence-electron chi connectivity index (χ3n) is 4.64. The second-order valence-corrected chi connectivity index (χ2v) is 6.43. The Balaban J connectivity index is 1.61. The van der Waals surface area contributed by atoms with E-state index in [0.29, 0.717) is 0 Å². The summed E-state index contributed by atoms with van der Waals surface area (Å²) in [4.78, 5) is 4.82. The van der Waals surface area contributed by atoms with Crippen LogP contribution in [-0.2, 0) is 0 Å². The highest BCUT2D eigenvalue weighted by atomic mass is 15.1. The van der Waals surface area contributed by atoms with E-state index in [-0.39, 0.29) is 0 Å². The van der Waals surface area contributed by atoms with Crippen molar-refractivity contribution in [3.8, 4) is 0 Å². The Hall–Kier alpha value is -0.120. The van der Waals surface area contributed by atoms with Crippen molar-refractivity contribution in [1.29, 1.82) is 0 Å². The molecule has 0 amide bonds. The third-order valence-corrected chi connectivity index (χ3v) is 4.64. The zero-order valence-electron chi connectivity index (χ0n) is 11.8. The Bertz CT molecular complexity index is 234. The first-order valence-electron chi connectivity index (χ1n) is 7.16. The van der Waals surface area contributed by atoms with E-state index in [1.807, 2.05) is 0 Å². The molecule has 2 fully saturated rings. The van der Waals surface area contributed by atoms with Crippen molar-refractivity contribution in [2.45, 2.75) is 25.7 Å². The van der Waals surface area contributed by atoms with Crippen LogP contribution in [0.5, 0.6) is 0 Å². The van der Waals surface area contributed by atoms with E-state index < -0.39 is 0 Å². The van der Waals surface area contributed by atoms with Crippen LogP contribution >= 0.6 is 0 Å². The fourth-order valence-electron chi connectivity index (χ4n) is 3.35. The standard InChI is InChI=1S/C14H29N3/c1-16(2)9-4-10-17(3)12-13-11-14(13)5-7-15-8-6-14/h13,15H,4-12H2,1-3H3. The van der Waals surface area contributed by atoms with Crippen LogP contribution in [0, 0.1) is 11.3 Å². The highest BCUT2D eigenvalue weighted by Gasteiger charge is 2.53. The van der Waals surface area contributed by atoms with Crippen LogP contribution in [0.3, 0.4) is 0 Å². The Morgan fingerprint density at radius 3 is 2.47 bits per heavy atom. The summed E-state index contributed by atoms with van der Waals surface area (Å²) in [6.45, 7) is 6.29. The van der Waals surface area contributed by atoms with Gasteiger partial charge in [0, 0.05) is 6.54 Å². The van der Waals surface area contributed by atoms with E-state index in [4.69, 9.17) is 0 Å². The second-order valence-electron chi connectivity index (χ2n) is 6.43. The van der Waals surface area contributed by atoms with Crippen LogP contribution in [0.2, 0.25) is 0 Å². The molecule has 1 aliphatic heterocycles. The lowest BCUT2D eigenvalue weighted by Gasteiger charge is -2.25. The third kappa shape index (κ3) is 3.67. The lowest BCUT2D eigenvalue weighted by molar-refractivity contribution is 0.251. The van der Waals surface area contributed by atoms with Crippen LogP contribution in [0.25, 0.3) is 0 Å². The summed E-state index contributed by atoms with van der Waals surface area (Å²) in [6.07, 6.45) is 5.63. The zero-order valence-corrected chi connectivity index (χ0v) is 11.8. The van der Waals surface area contributed by atoms with Crippen LogP contribution in [-0.4, -0.2) is 63.7 Å². The van der Waals surface area contributed by atoms with Crippen molar-refractivity contribution >= 4 is 0 Å². The molecule has 3 nitrogen and oxygen atoms in total. The summed E-state index contributed by atoms with van der Waals surface area (Å²) in [5, 5.41) is 3.48. The minimum Gasteiger partial charge on any atom is -0.317 e. The summed E-state index contributed by atoms with van der Waals surface area (Å²) < 4.78 is 0. The van der Waals surface area contributed by atoms with Crippen molar-refractivity contribution in [1.82, 2.24) is 15.1 Å². The molecular weight excluding hydrogens is 210 g/mol. The molecule has 0 bridgehead atoms. The van der Waals surface area contributed by atoms with Gasteiger partial charge < -0.3 is 15.1 Å². The molecule has 1 aliphatic carbocycles. The van der Waals surface area contributed by atoms with Gasteiger partial charge in [-0.1, -0.05) is 0 Å². The molecule has 2 aliphatic rings. The molecular formula is C14H29N3. The van der Waals surface area contributed by atoms with Gasteiger partial charge in [0.15, 0.2) is 0 Å². The quantitative estimate of drug-likeness (QED) is 0.753. The number of rotatable bonds is 6. The molecule has 1 N–H and O–H groups in total. The Morgan fingerprint density at radius 1 is 1.12 bits per heavy atom. The van der Waals surface area contributed by atoms with Crippen molar-refractivity contribution in [2.75, 3.05) is 53.9 Å². The molecule has 0 aromatic heterocycles. The molecule has 1 atom stereocenters. The molecule has 0 radical (unpaired) electrons. The van der Waals surface area contributed by atoms with Gasteiger partial charge in [0.2, 0.25) is 0 Å². The van der Waals surface area contributed by atoms with Gasteiger partial charge in [0.25, 0.3) is 0 Å². The van der Waals surface area contributed by atoms with Crippen molar-refractivity contribution in [3.63, 3.8) is 0 Å².